The monoisotopic (exact) mass is 901 g/mol. The Kier molecular flexibility index (Phi) is 10.6. The van der Waals surface area contributed by atoms with Crippen molar-refractivity contribution in [1.29, 1.82) is 0 Å². The van der Waals surface area contributed by atoms with Crippen molar-refractivity contribution in [1.82, 2.24) is 0 Å². The van der Waals surface area contributed by atoms with E-state index in [9.17, 15) is 0 Å². The Morgan fingerprint density at radius 1 is 0.261 bits per heavy atom. The second kappa shape index (κ2) is 16.0. The Balaban J connectivity index is 0.941. The van der Waals surface area contributed by atoms with E-state index in [1.54, 1.807) is 0 Å². The van der Waals surface area contributed by atoms with Gasteiger partial charge in [-0.15, -0.1) is 0 Å². The topological polar surface area (TPSA) is 0 Å². The first kappa shape index (κ1) is 45.5. The highest BCUT2D eigenvalue weighted by Gasteiger charge is 2.44. The third-order valence-electron chi connectivity index (χ3n) is 18.3. The Labute approximate surface area is 414 Å². The second-order valence-corrected chi connectivity index (χ2v) is 23.2. The lowest BCUT2D eigenvalue weighted by Crippen LogP contribution is -2.24. The average Bonchev–Trinajstić information content (AvgIpc) is 3.93. The highest BCUT2D eigenvalue weighted by molar-refractivity contribution is 5.92. The number of rotatable bonds is 9. The molecule has 0 amide bonds. The molecular weight excluding hydrogens is 829 g/mol. The van der Waals surface area contributed by atoms with E-state index in [2.05, 4.69) is 229 Å². The van der Waals surface area contributed by atoms with Gasteiger partial charge in [0.2, 0.25) is 0 Å². The Morgan fingerprint density at radius 3 is 0.812 bits per heavy atom. The summed E-state index contributed by atoms with van der Waals surface area (Å²) in [6, 6.07) is 58.3. The maximum absolute atomic E-state index is 2.57. The highest BCUT2D eigenvalue weighted by Crippen LogP contribution is 2.58. The third-order valence-corrected chi connectivity index (χ3v) is 18.3. The van der Waals surface area contributed by atoms with Crippen LogP contribution in [-0.2, 0) is 27.1 Å². The fourth-order valence-electron chi connectivity index (χ4n) is 13.8. The molecule has 8 aromatic carbocycles. The summed E-state index contributed by atoms with van der Waals surface area (Å²) in [6.07, 6.45) is 6.44. The van der Waals surface area contributed by atoms with E-state index >= 15 is 0 Å². The highest BCUT2D eigenvalue weighted by atomic mass is 14.5. The molecule has 0 atom stereocenters. The second-order valence-electron chi connectivity index (χ2n) is 23.2. The van der Waals surface area contributed by atoms with Gasteiger partial charge in [-0.1, -0.05) is 192 Å². The smallest absolute Gasteiger partial charge is 0.0210 e. The zero-order valence-corrected chi connectivity index (χ0v) is 43.6. The zero-order valence-electron chi connectivity index (χ0n) is 43.6. The van der Waals surface area contributed by atoms with Crippen LogP contribution in [0.25, 0.3) is 77.5 Å². The first-order chi connectivity index (χ1) is 33.1. The summed E-state index contributed by atoms with van der Waals surface area (Å²) in [5, 5.41) is 2.61. The van der Waals surface area contributed by atoms with Gasteiger partial charge in [0.1, 0.15) is 0 Å². The Hall–Kier alpha value is -5.98. The molecule has 0 aromatic heterocycles. The molecule has 0 heteroatoms. The molecule has 0 nitrogen and oxygen atoms in total. The number of hydrogen-bond donors (Lipinski definition) is 0. The van der Waals surface area contributed by atoms with E-state index in [0.717, 1.165) is 38.5 Å². The van der Waals surface area contributed by atoms with Crippen molar-refractivity contribution >= 4 is 10.8 Å². The Bertz CT molecular complexity index is 3360. The molecule has 0 N–H and O–H groups in total. The van der Waals surface area contributed by atoms with Crippen molar-refractivity contribution in [3.63, 3.8) is 0 Å². The molecule has 11 rings (SSSR count). The molecular formula is C69H72. The summed E-state index contributed by atoms with van der Waals surface area (Å²) in [4.78, 5) is 0. The minimum atomic E-state index is -0.0544. The van der Waals surface area contributed by atoms with Crippen molar-refractivity contribution in [2.24, 2.45) is 0 Å². The van der Waals surface area contributed by atoms with Crippen molar-refractivity contribution < 1.29 is 0 Å². The van der Waals surface area contributed by atoms with Crippen LogP contribution in [0.5, 0.6) is 0 Å². The average molecular weight is 901 g/mol. The number of fused-ring (bicyclic) bond motifs is 10. The molecule has 0 fully saturated rings. The molecule has 0 radical (unpaired) electrons. The van der Waals surface area contributed by atoms with Gasteiger partial charge in [-0.2, -0.15) is 0 Å². The van der Waals surface area contributed by atoms with Crippen LogP contribution >= 0.6 is 0 Å². The first-order valence-electron chi connectivity index (χ1n) is 26.5. The summed E-state index contributed by atoms with van der Waals surface area (Å²) in [5.74, 6) is 0. The van der Waals surface area contributed by atoms with Gasteiger partial charge in [-0.25, -0.2) is 0 Å². The lowest BCUT2D eigenvalue weighted by molar-refractivity contribution is 0.488. The molecule has 348 valence electrons. The minimum absolute atomic E-state index is 0.0220. The van der Waals surface area contributed by atoms with E-state index in [1.165, 1.54) is 122 Å². The third kappa shape index (κ3) is 6.60. The van der Waals surface area contributed by atoms with Crippen LogP contribution < -0.4 is 0 Å². The van der Waals surface area contributed by atoms with Gasteiger partial charge < -0.3 is 0 Å². The molecule has 69 heavy (non-hydrogen) atoms. The first-order valence-corrected chi connectivity index (χ1v) is 26.5. The lowest BCUT2D eigenvalue weighted by Gasteiger charge is -2.32. The standard InChI is InChI=1S/C69H72/c1-13-67(14-2)59-37-46(43-19-20-45-36-51(65(7,8)9)27-21-44(45)35-43)22-29-53(59)54-30-23-47(38-60(54)67)48-24-31-55-56-32-25-49(40-62(56)68(15-3,16-4)61(55)39-48)50-26-33-57-58-34-28-52(66(10,11)12)42-64(58)69(17-5,18-6)63(57)41-50/h19-42H,13-18H2,1-12H3. The van der Waals surface area contributed by atoms with Gasteiger partial charge in [0.15, 0.2) is 0 Å². The van der Waals surface area contributed by atoms with Crippen molar-refractivity contribution in [2.45, 2.75) is 149 Å². The maximum Gasteiger partial charge on any atom is 0.0210 e. The van der Waals surface area contributed by atoms with Gasteiger partial charge >= 0.3 is 0 Å². The van der Waals surface area contributed by atoms with Gasteiger partial charge in [-0.05, 0) is 208 Å². The van der Waals surface area contributed by atoms with Crippen LogP contribution in [0.1, 0.15) is 166 Å². The van der Waals surface area contributed by atoms with Crippen molar-refractivity contribution in [3.8, 4) is 66.8 Å². The Morgan fingerprint density at radius 2 is 0.493 bits per heavy atom. The normalized spacial score (nSPS) is 15.7. The molecule has 0 heterocycles. The summed E-state index contributed by atoms with van der Waals surface area (Å²) in [5.41, 5.74) is 28.3. The summed E-state index contributed by atoms with van der Waals surface area (Å²) in [6.45, 7) is 28.3. The molecule has 0 unspecified atom stereocenters. The van der Waals surface area contributed by atoms with Crippen LogP contribution in [0.2, 0.25) is 0 Å². The molecule has 0 saturated heterocycles. The van der Waals surface area contributed by atoms with Crippen LogP contribution in [0.3, 0.4) is 0 Å². The van der Waals surface area contributed by atoms with E-state index < -0.39 is 0 Å². The molecule has 0 bridgehead atoms. The zero-order chi connectivity index (χ0) is 48.4. The maximum atomic E-state index is 2.57. The number of hydrogen-bond acceptors (Lipinski definition) is 0. The van der Waals surface area contributed by atoms with Crippen molar-refractivity contribution in [2.75, 3.05) is 0 Å². The van der Waals surface area contributed by atoms with Crippen LogP contribution in [-0.4, -0.2) is 0 Å². The molecule has 0 aliphatic heterocycles. The van der Waals surface area contributed by atoms with Crippen LogP contribution in [0.15, 0.2) is 146 Å². The largest absolute Gasteiger partial charge is 0.0642 e. The predicted octanol–water partition coefficient (Wildman–Crippen LogP) is 19.7. The molecule has 3 aliphatic rings. The van der Waals surface area contributed by atoms with Crippen LogP contribution in [0.4, 0.5) is 0 Å². The fraction of sp³-hybridized carbons (Fsp3) is 0.333. The van der Waals surface area contributed by atoms with E-state index in [4.69, 9.17) is 0 Å². The molecule has 0 saturated carbocycles. The summed E-state index contributed by atoms with van der Waals surface area (Å²) >= 11 is 0. The lowest BCUT2D eigenvalue weighted by atomic mass is 9.71. The molecule has 8 aromatic rings. The van der Waals surface area contributed by atoms with E-state index in [0.29, 0.717) is 0 Å². The molecule has 3 aliphatic carbocycles. The summed E-state index contributed by atoms with van der Waals surface area (Å²) in [7, 11) is 0. The van der Waals surface area contributed by atoms with E-state index in [-0.39, 0.29) is 27.1 Å². The summed E-state index contributed by atoms with van der Waals surface area (Å²) < 4.78 is 0. The van der Waals surface area contributed by atoms with Crippen LogP contribution in [0, 0.1) is 0 Å². The van der Waals surface area contributed by atoms with E-state index in [1.807, 2.05) is 0 Å². The number of benzene rings is 8. The van der Waals surface area contributed by atoms with Crippen molar-refractivity contribution in [3.05, 3.63) is 190 Å². The molecule has 0 spiro atoms. The predicted molar refractivity (Wildman–Crippen MR) is 298 cm³/mol. The SMILES string of the molecule is CCC1(CC)c2cc(-c3ccc4c(c3)C(CC)(CC)c3cc(-c5ccc6cc(C(C)(C)C)ccc6c5)ccc3-4)ccc2-c2ccc(-c3ccc4c(c3)C(CC)(CC)c3cc(C(C)(C)C)ccc3-4)cc21. The minimum Gasteiger partial charge on any atom is -0.0642 e. The van der Waals surface area contributed by atoms with Gasteiger partial charge in [-0.3, -0.25) is 0 Å². The van der Waals surface area contributed by atoms with Gasteiger partial charge in [0.05, 0.1) is 0 Å². The fourth-order valence-corrected chi connectivity index (χ4v) is 13.8. The quantitative estimate of drug-likeness (QED) is 0.135. The van der Waals surface area contributed by atoms with Gasteiger partial charge in [0.25, 0.3) is 0 Å². The van der Waals surface area contributed by atoms with Gasteiger partial charge in [0, 0.05) is 16.2 Å².